The van der Waals surface area contributed by atoms with E-state index in [-0.39, 0.29) is 22.9 Å². The number of aldehydes is 1. The highest BCUT2D eigenvalue weighted by Gasteiger charge is 2.53. The first-order chi connectivity index (χ1) is 17.4. The van der Waals surface area contributed by atoms with Crippen LogP contribution in [0.4, 0.5) is 4.79 Å². The molecule has 0 aliphatic carbocycles. The average molecular weight is 606 g/mol. The molecule has 0 heterocycles. The van der Waals surface area contributed by atoms with Crippen molar-refractivity contribution in [3.05, 3.63) is 0 Å². The maximum absolute atomic E-state index is 11.5. The molecule has 40 heavy (non-hydrogen) atoms. The van der Waals surface area contributed by atoms with Crippen LogP contribution in [-0.4, -0.2) is 63.6 Å². The van der Waals surface area contributed by atoms with Gasteiger partial charge in [-0.05, 0) is 73.3 Å². The van der Waals surface area contributed by atoms with E-state index >= 15 is 0 Å². The molecule has 1 amide bonds. The van der Waals surface area contributed by atoms with Gasteiger partial charge in [0.05, 0.1) is 18.8 Å². The molecule has 9 heteroatoms. The first-order valence-electron chi connectivity index (χ1n) is 14.8. The van der Waals surface area contributed by atoms with Crippen molar-refractivity contribution in [3.63, 3.8) is 0 Å². The highest BCUT2D eigenvalue weighted by molar-refractivity contribution is 6.88. The molecule has 0 rings (SSSR count). The average Bonchev–Trinajstić information content (AvgIpc) is 2.65. The third-order valence-electron chi connectivity index (χ3n) is 7.47. The van der Waals surface area contributed by atoms with Crippen LogP contribution in [0.5, 0.6) is 0 Å². The first kappa shape index (κ1) is 41.4. The van der Waals surface area contributed by atoms with E-state index in [1.807, 2.05) is 0 Å². The van der Waals surface area contributed by atoms with Crippen molar-refractivity contribution in [3.8, 4) is 0 Å². The van der Waals surface area contributed by atoms with Gasteiger partial charge in [-0.25, -0.2) is 4.79 Å². The summed E-state index contributed by atoms with van der Waals surface area (Å²) >= 11 is 0. The van der Waals surface area contributed by atoms with Gasteiger partial charge in [-0.15, -0.1) is 0 Å². The maximum atomic E-state index is 11.5. The van der Waals surface area contributed by atoms with Crippen molar-refractivity contribution in [1.29, 1.82) is 0 Å². The molecule has 0 saturated carbocycles. The minimum absolute atomic E-state index is 0.136. The number of amides is 1. The largest absolute Gasteiger partial charge is 0.454 e. The molecule has 0 aliphatic heterocycles. The van der Waals surface area contributed by atoms with Crippen LogP contribution in [0.2, 0.25) is 35.3 Å². The van der Waals surface area contributed by atoms with E-state index in [0.717, 1.165) is 0 Å². The number of alkyl carbamates (subject to hydrolysis) is 1. The van der Waals surface area contributed by atoms with Crippen molar-refractivity contribution in [2.45, 2.75) is 163 Å². The van der Waals surface area contributed by atoms with Crippen LogP contribution in [-0.2, 0) is 13.6 Å². The molecule has 0 radical (unpaired) electrons. The normalized spacial score (nSPS) is 16.7. The molecular formula is C31H67NO6Si2. The predicted octanol–water partition coefficient (Wildman–Crippen LogP) is 8.06. The Morgan fingerprint density at radius 3 is 1.30 bits per heavy atom. The quantitative estimate of drug-likeness (QED) is 0.172. The number of hydrogen-bond donors (Lipinski definition) is 3. The SMILES string of the molecule is CC(C)(C)C[Si](C)(O[Si](C)(CC(C)(C)C)C(C)(C)C)C(C)(C)C.CC(C)(C)OC(=O)NC(CO)(CO)CCC=O. The number of aliphatic hydroxyl groups excluding tert-OH is 2. The van der Waals surface area contributed by atoms with Crippen molar-refractivity contribution < 1.29 is 28.7 Å². The number of nitrogens with one attached hydrogen (secondary N) is 1. The van der Waals surface area contributed by atoms with Crippen LogP contribution >= 0.6 is 0 Å². The zero-order valence-corrected chi connectivity index (χ0v) is 31.3. The fourth-order valence-corrected chi connectivity index (χ4v) is 16.7. The van der Waals surface area contributed by atoms with Gasteiger partial charge in [0.15, 0.2) is 16.6 Å². The minimum Gasteiger partial charge on any atom is -0.454 e. The second-order valence-corrected chi connectivity index (χ2v) is 26.9. The summed E-state index contributed by atoms with van der Waals surface area (Å²) in [5.41, 5.74) is -1.24. The topological polar surface area (TPSA) is 105 Å². The van der Waals surface area contributed by atoms with E-state index in [0.29, 0.717) is 17.1 Å². The zero-order valence-electron chi connectivity index (χ0n) is 29.3. The maximum Gasteiger partial charge on any atom is 0.408 e. The summed E-state index contributed by atoms with van der Waals surface area (Å²) < 4.78 is 12.4. The summed E-state index contributed by atoms with van der Waals surface area (Å²) in [7, 11) is -3.74. The molecule has 0 spiro atoms. The lowest BCUT2D eigenvalue weighted by Gasteiger charge is -2.53. The van der Waals surface area contributed by atoms with E-state index in [1.165, 1.54) is 12.1 Å². The highest BCUT2D eigenvalue weighted by atomic mass is 28.4. The fraction of sp³-hybridized carbons (Fsp3) is 0.935. The molecule has 0 aromatic carbocycles. The van der Waals surface area contributed by atoms with Crippen LogP contribution in [0, 0.1) is 10.8 Å². The standard InChI is InChI=1S/C20H46OSi2.C11H21NO5/c1-17(2,3)15-22(13,19(7,8)9)21-23(14,20(10,11)12)16-18(4,5)6;1-10(2,3)17-9(16)12-11(7-14,8-15)5-4-6-13/h15-16H2,1-14H3;6,14-15H,4-5,7-8H2,1-3H3,(H,12,16). The molecule has 0 aliphatic rings. The zero-order chi connectivity index (χ0) is 32.6. The van der Waals surface area contributed by atoms with Crippen LogP contribution < -0.4 is 5.32 Å². The Balaban J connectivity index is 0. The molecule has 0 aromatic heterocycles. The summed E-state index contributed by atoms with van der Waals surface area (Å²) in [5.74, 6) is 0. The molecule has 7 nitrogen and oxygen atoms in total. The Labute approximate surface area is 249 Å². The number of rotatable bonds is 10. The van der Waals surface area contributed by atoms with Crippen LogP contribution in [0.1, 0.15) is 117 Å². The molecule has 2 atom stereocenters. The molecule has 0 bridgehead atoms. The van der Waals surface area contributed by atoms with E-state index in [9.17, 15) is 19.8 Å². The fourth-order valence-electron chi connectivity index (χ4n) is 4.63. The van der Waals surface area contributed by atoms with Gasteiger partial charge in [-0.2, -0.15) is 0 Å². The molecule has 0 aromatic rings. The monoisotopic (exact) mass is 605 g/mol. The lowest BCUT2D eigenvalue weighted by Crippen LogP contribution is -2.59. The molecule has 240 valence electrons. The molecule has 3 N–H and O–H groups in total. The first-order valence-corrected chi connectivity index (χ1v) is 20.0. The molecule has 0 saturated heterocycles. The summed E-state index contributed by atoms with van der Waals surface area (Å²) in [6.07, 6.45) is 0.225. The Morgan fingerprint density at radius 2 is 1.07 bits per heavy atom. The summed E-state index contributed by atoms with van der Waals surface area (Å²) in [6, 6.07) is 2.46. The van der Waals surface area contributed by atoms with Crippen molar-refractivity contribution >= 4 is 29.0 Å². The molecule has 2 unspecified atom stereocenters. The molecular weight excluding hydrogens is 539 g/mol. The van der Waals surface area contributed by atoms with Gasteiger partial charge in [0.2, 0.25) is 0 Å². The van der Waals surface area contributed by atoms with Gasteiger partial charge < -0.3 is 29.2 Å². The summed E-state index contributed by atoms with van der Waals surface area (Å²) in [5, 5.41) is 21.3. The van der Waals surface area contributed by atoms with Crippen LogP contribution in [0.3, 0.4) is 0 Å². The van der Waals surface area contributed by atoms with Gasteiger partial charge in [0, 0.05) is 6.42 Å². The predicted molar refractivity (Wildman–Crippen MR) is 174 cm³/mol. The Bertz CT molecular complexity index is 742. The molecule has 0 fully saturated rings. The second kappa shape index (κ2) is 14.6. The van der Waals surface area contributed by atoms with Crippen LogP contribution in [0.15, 0.2) is 0 Å². The van der Waals surface area contributed by atoms with E-state index < -0.39 is 47.1 Å². The van der Waals surface area contributed by atoms with Gasteiger partial charge in [-0.3, -0.25) is 0 Å². The van der Waals surface area contributed by atoms with E-state index in [4.69, 9.17) is 8.85 Å². The lowest BCUT2D eigenvalue weighted by atomic mass is 9.96. The lowest BCUT2D eigenvalue weighted by molar-refractivity contribution is -0.108. The van der Waals surface area contributed by atoms with Crippen molar-refractivity contribution in [1.82, 2.24) is 5.32 Å². The van der Waals surface area contributed by atoms with Gasteiger partial charge >= 0.3 is 6.09 Å². The number of aliphatic hydroxyl groups is 2. The number of carbonyl (C=O) groups is 2. The third-order valence-corrected chi connectivity index (χ3v) is 20.9. The van der Waals surface area contributed by atoms with Crippen molar-refractivity contribution in [2.75, 3.05) is 13.2 Å². The van der Waals surface area contributed by atoms with Gasteiger partial charge in [0.25, 0.3) is 0 Å². The summed E-state index contributed by atoms with van der Waals surface area (Å²) in [4.78, 5) is 21.8. The van der Waals surface area contributed by atoms with Crippen LogP contribution in [0.25, 0.3) is 0 Å². The number of ether oxygens (including phenoxy) is 1. The Morgan fingerprint density at radius 1 is 0.725 bits per heavy atom. The van der Waals surface area contributed by atoms with Gasteiger partial charge in [-0.1, -0.05) is 83.1 Å². The van der Waals surface area contributed by atoms with E-state index in [2.05, 4.69) is 101 Å². The Hall–Kier alpha value is -0.746. The number of hydrogen-bond acceptors (Lipinski definition) is 6. The summed E-state index contributed by atoms with van der Waals surface area (Å²) in [6.45, 7) is 37.8. The number of carbonyl (C=O) groups excluding carboxylic acids is 2. The minimum atomic E-state index is -1.87. The van der Waals surface area contributed by atoms with Crippen molar-refractivity contribution in [2.24, 2.45) is 10.8 Å². The smallest absolute Gasteiger partial charge is 0.408 e. The van der Waals surface area contributed by atoms with Gasteiger partial charge in [0.1, 0.15) is 11.9 Å². The Kier molecular flexibility index (Phi) is 15.1. The van der Waals surface area contributed by atoms with E-state index in [1.54, 1.807) is 20.8 Å². The third kappa shape index (κ3) is 15.5. The highest BCUT2D eigenvalue weighted by Crippen LogP contribution is 2.52. The second-order valence-electron chi connectivity index (χ2n) is 17.5.